The quantitative estimate of drug-likeness (QED) is 0.913. The second-order valence-corrected chi connectivity index (χ2v) is 6.45. The van der Waals surface area contributed by atoms with Crippen molar-refractivity contribution in [2.75, 3.05) is 20.1 Å². The summed E-state index contributed by atoms with van der Waals surface area (Å²) in [6.07, 6.45) is 5.09. The van der Waals surface area contributed by atoms with Gasteiger partial charge in [-0.1, -0.05) is 17.7 Å². The van der Waals surface area contributed by atoms with Crippen molar-refractivity contribution in [1.82, 2.24) is 10.2 Å². The molecule has 0 radical (unpaired) electrons. The molecule has 2 aliphatic rings. The molecular weight excluding hydrogens is 275 g/mol. The van der Waals surface area contributed by atoms with Crippen molar-refractivity contribution < 1.29 is 4.39 Å². The summed E-state index contributed by atoms with van der Waals surface area (Å²) in [6, 6.07) is 6.35. The van der Waals surface area contributed by atoms with Crippen LogP contribution in [-0.2, 0) is 0 Å². The zero-order valence-electron chi connectivity index (χ0n) is 11.9. The molecule has 0 amide bonds. The van der Waals surface area contributed by atoms with E-state index in [4.69, 9.17) is 11.6 Å². The molecule has 2 fully saturated rings. The maximum absolute atomic E-state index is 13.4. The highest BCUT2D eigenvalue weighted by Gasteiger charge is 2.40. The van der Waals surface area contributed by atoms with E-state index in [2.05, 4.69) is 10.2 Å². The van der Waals surface area contributed by atoms with E-state index in [0.29, 0.717) is 12.0 Å². The van der Waals surface area contributed by atoms with Gasteiger partial charge in [-0.15, -0.1) is 0 Å². The summed E-state index contributed by atoms with van der Waals surface area (Å²) in [5.41, 5.74) is 1.17. The van der Waals surface area contributed by atoms with Crippen LogP contribution in [0.1, 0.15) is 37.3 Å². The van der Waals surface area contributed by atoms with Crippen LogP contribution in [-0.4, -0.2) is 31.1 Å². The third-order valence-corrected chi connectivity index (χ3v) is 4.85. The van der Waals surface area contributed by atoms with Crippen LogP contribution in [0.2, 0.25) is 5.02 Å². The number of nitrogens with one attached hydrogen (secondary N) is 1. The fourth-order valence-corrected chi connectivity index (χ4v) is 3.74. The Bertz CT molecular complexity index is 474. The lowest BCUT2D eigenvalue weighted by atomic mass is 9.84. The van der Waals surface area contributed by atoms with Gasteiger partial charge in [0.15, 0.2) is 0 Å². The molecule has 2 nitrogen and oxygen atoms in total. The molecule has 1 heterocycles. The number of rotatable bonds is 4. The molecule has 4 heteroatoms. The van der Waals surface area contributed by atoms with Crippen LogP contribution in [0.15, 0.2) is 18.2 Å². The van der Waals surface area contributed by atoms with E-state index in [1.807, 2.05) is 19.2 Å². The first-order valence-electron chi connectivity index (χ1n) is 7.56. The van der Waals surface area contributed by atoms with Crippen LogP contribution in [0.25, 0.3) is 0 Å². The summed E-state index contributed by atoms with van der Waals surface area (Å²) < 4.78 is 13.4. The molecule has 0 bridgehead atoms. The summed E-state index contributed by atoms with van der Waals surface area (Å²) in [5, 5.41) is 3.55. The van der Waals surface area contributed by atoms with Gasteiger partial charge in [-0.05, 0) is 69.4 Å². The van der Waals surface area contributed by atoms with E-state index in [1.54, 1.807) is 0 Å². The number of benzene rings is 1. The first kappa shape index (κ1) is 14.3. The Balaban J connectivity index is 1.91. The SMILES string of the molecule is CNCC1CCCN(C2CC2)C1c1ccc(F)c(Cl)c1. The van der Waals surface area contributed by atoms with Crippen molar-refractivity contribution in [3.8, 4) is 0 Å². The van der Waals surface area contributed by atoms with E-state index in [1.165, 1.54) is 37.3 Å². The number of likely N-dealkylation sites (tertiary alicyclic amines) is 1. The summed E-state index contributed by atoms with van der Waals surface area (Å²) in [6.45, 7) is 2.16. The van der Waals surface area contributed by atoms with Gasteiger partial charge in [0.25, 0.3) is 0 Å². The Labute approximate surface area is 125 Å². The van der Waals surface area contributed by atoms with E-state index in [0.717, 1.165) is 19.1 Å². The van der Waals surface area contributed by atoms with Crippen molar-refractivity contribution in [1.29, 1.82) is 0 Å². The first-order chi connectivity index (χ1) is 9.70. The lowest BCUT2D eigenvalue weighted by molar-refractivity contribution is 0.0845. The summed E-state index contributed by atoms with van der Waals surface area (Å²) in [4.78, 5) is 2.62. The molecule has 110 valence electrons. The molecular formula is C16H22ClFN2. The minimum atomic E-state index is -0.325. The molecule has 20 heavy (non-hydrogen) atoms. The highest BCUT2D eigenvalue weighted by molar-refractivity contribution is 6.30. The standard InChI is InChI=1S/C16H22ClFN2/c1-19-10-12-3-2-8-20(13-5-6-13)16(12)11-4-7-15(18)14(17)9-11/h4,7,9,12-13,16,19H,2-3,5-6,8,10H2,1H3. The fraction of sp³-hybridized carbons (Fsp3) is 0.625. The summed E-state index contributed by atoms with van der Waals surface area (Å²) in [7, 11) is 2.00. The Morgan fingerprint density at radius 3 is 2.80 bits per heavy atom. The number of hydrogen-bond acceptors (Lipinski definition) is 2. The Hall–Kier alpha value is -0.640. The lowest BCUT2D eigenvalue weighted by Gasteiger charge is -2.42. The minimum Gasteiger partial charge on any atom is -0.319 e. The van der Waals surface area contributed by atoms with E-state index < -0.39 is 0 Å². The molecule has 1 aromatic carbocycles. The van der Waals surface area contributed by atoms with Gasteiger partial charge < -0.3 is 5.32 Å². The van der Waals surface area contributed by atoms with Crippen LogP contribution in [0, 0.1) is 11.7 Å². The van der Waals surface area contributed by atoms with Crippen molar-refractivity contribution in [2.45, 2.75) is 37.8 Å². The predicted octanol–water partition coefficient (Wildman–Crippen LogP) is 3.61. The zero-order chi connectivity index (χ0) is 14.1. The van der Waals surface area contributed by atoms with Crippen molar-refractivity contribution in [3.63, 3.8) is 0 Å². The van der Waals surface area contributed by atoms with Gasteiger partial charge in [-0.25, -0.2) is 4.39 Å². The second-order valence-electron chi connectivity index (χ2n) is 6.05. The van der Waals surface area contributed by atoms with Gasteiger partial charge in [-0.2, -0.15) is 0 Å². The van der Waals surface area contributed by atoms with Crippen molar-refractivity contribution in [2.24, 2.45) is 5.92 Å². The third-order valence-electron chi connectivity index (χ3n) is 4.56. The second kappa shape index (κ2) is 6.00. The maximum Gasteiger partial charge on any atom is 0.141 e. The van der Waals surface area contributed by atoms with Crippen molar-refractivity contribution in [3.05, 3.63) is 34.6 Å². The highest BCUT2D eigenvalue weighted by atomic mass is 35.5. The Morgan fingerprint density at radius 2 is 2.15 bits per heavy atom. The average Bonchev–Trinajstić information content (AvgIpc) is 3.27. The molecule has 2 atom stereocenters. The van der Waals surface area contributed by atoms with Gasteiger partial charge in [-0.3, -0.25) is 4.90 Å². The first-order valence-corrected chi connectivity index (χ1v) is 7.94. The molecule has 1 saturated heterocycles. The monoisotopic (exact) mass is 296 g/mol. The normalized spacial score (nSPS) is 27.8. The van der Waals surface area contributed by atoms with E-state index in [-0.39, 0.29) is 10.8 Å². The molecule has 0 aromatic heterocycles. The fourth-order valence-electron chi connectivity index (χ4n) is 3.56. The number of hydrogen-bond donors (Lipinski definition) is 1. The molecule has 1 aromatic rings. The average molecular weight is 297 g/mol. The van der Waals surface area contributed by atoms with Crippen LogP contribution < -0.4 is 5.32 Å². The largest absolute Gasteiger partial charge is 0.319 e. The smallest absolute Gasteiger partial charge is 0.141 e. The number of piperidine rings is 1. The number of nitrogens with zero attached hydrogens (tertiary/aromatic N) is 1. The van der Waals surface area contributed by atoms with Crippen molar-refractivity contribution >= 4 is 11.6 Å². The molecule has 1 aliphatic heterocycles. The minimum absolute atomic E-state index is 0.243. The third kappa shape index (κ3) is 2.85. The topological polar surface area (TPSA) is 15.3 Å². The highest BCUT2D eigenvalue weighted by Crippen LogP contribution is 2.43. The molecule has 1 saturated carbocycles. The van der Waals surface area contributed by atoms with E-state index >= 15 is 0 Å². The van der Waals surface area contributed by atoms with Crippen LogP contribution >= 0.6 is 11.6 Å². The molecule has 2 unspecified atom stereocenters. The van der Waals surface area contributed by atoms with Crippen LogP contribution in [0.5, 0.6) is 0 Å². The maximum atomic E-state index is 13.4. The lowest BCUT2D eigenvalue weighted by Crippen LogP contribution is -2.43. The Morgan fingerprint density at radius 1 is 1.35 bits per heavy atom. The zero-order valence-corrected chi connectivity index (χ0v) is 12.7. The Kier molecular flexibility index (Phi) is 4.29. The van der Waals surface area contributed by atoms with Crippen LogP contribution in [0.4, 0.5) is 4.39 Å². The van der Waals surface area contributed by atoms with Gasteiger partial charge >= 0.3 is 0 Å². The van der Waals surface area contributed by atoms with Gasteiger partial charge in [0.2, 0.25) is 0 Å². The van der Waals surface area contributed by atoms with Crippen LogP contribution in [0.3, 0.4) is 0 Å². The van der Waals surface area contributed by atoms with Gasteiger partial charge in [0.1, 0.15) is 5.82 Å². The van der Waals surface area contributed by atoms with Gasteiger partial charge in [0.05, 0.1) is 5.02 Å². The molecule has 1 N–H and O–H groups in total. The molecule has 1 aliphatic carbocycles. The van der Waals surface area contributed by atoms with E-state index in [9.17, 15) is 4.39 Å². The molecule has 0 spiro atoms. The summed E-state index contributed by atoms with van der Waals surface area (Å²) >= 11 is 5.99. The predicted molar refractivity (Wildman–Crippen MR) is 80.5 cm³/mol. The number of halogens is 2. The molecule has 3 rings (SSSR count). The summed E-state index contributed by atoms with van der Waals surface area (Å²) in [5.74, 6) is 0.255. The van der Waals surface area contributed by atoms with Gasteiger partial charge in [0, 0.05) is 12.1 Å².